The predicted molar refractivity (Wildman–Crippen MR) is 86.4 cm³/mol. The van der Waals surface area contributed by atoms with Gasteiger partial charge in [0, 0.05) is 24.4 Å². The van der Waals surface area contributed by atoms with E-state index >= 15 is 0 Å². The smallest absolute Gasteiger partial charge is 0.250 e. The van der Waals surface area contributed by atoms with E-state index in [1.807, 2.05) is 0 Å². The Hall–Kier alpha value is -2.36. The van der Waals surface area contributed by atoms with E-state index < -0.39 is 0 Å². The van der Waals surface area contributed by atoms with Gasteiger partial charge in [0.25, 0.3) is 5.56 Å². The maximum absolute atomic E-state index is 12.4. The van der Waals surface area contributed by atoms with Crippen molar-refractivity contribution >= 4 is 5.78 Å². The summed E-state index contributed by atoms with van der Waals surface area (Å²) in [7, 11) is 0. The van der Waals surface area contributed by atoms with E-state index in [1.54, 1.807) is 29.0 Å². The van der Waals surface area contributed by atoms with Crippen LogP contribution >= 0.6 is 0 Å². The fourth-order valence-corrected chi connectivity index (χ4v) is 2.37. The third-order valence-electron chi connectivity index (χ3n) is 3.65. The highest BCUT2D eigenvalue weighted by atomic mass is 16.3. The Morgan fingerprint density at radius 1 is 1.09 bits per heavy atom. The normalized spacial score (nSPS) is 10.6. The number of phenolic OH excluding ortho intramolecular Hbond substituents is 1. The number of aromatic nitrogens is 1. The minimum atomic E-state index is -0.277. The van der Waals surface area contributed by atoms with Crippen molar-refractivity contribution in [1.29, 1.82) is 0 Å². The first kappa shape index (κ1) is 16.0. The largest absolute Gasteiger partial charge is 0.507 e. The molecule has 0 spiro atoms. The summed E-state index contributed by atoms with van der Waals surface area (Å²) < 4.78 is 1.57. The zero-order valence-electron chi connectivity index (χ0n) is 12.8. The Balaban J connectivity index is 2.20. The molecule has 0 aliphatic carbocycles. The molecule has 4 heteroatoms. The van der Waals surface area contributed by atoms with Gasteiger partial charge in [0.2, 0.25) is 0 Å². The number of hydrogen-bond acceptors (Lipinski definition) is 3. The molecule has 0 atom stereocenters. The Bertz CT molecular complexity index is 703. The zero-order chi connectivity index (χ0) is 15.9. The third-order valence-corrected chi connectivity index (χ3v) is 3.65. The number of hydrogen-bond donors (Lipinski definition) is 1. The van der Waals surface area contributed by atoms with E-state index in [0.29, 0.717) is 12.1 Å². The lowest BCUT2D eigenvalue weighted by Gasteiger charge is -2.08. The van der Waals surface area contributed by atoms with Crippen LogP contribution in [0.5, 0.6) is 5.75 Å². The van der Waals surface area contributed by atoms with Crippen LogP contribution < -0.4 is 5.56 Å². The van der Waals surface area contributed by atoms with Gasteiger partial charge in [-0.3, -0.25) is 9.59 Å². The van der Waals surface area contributed by atoms with Crippen LogP contribution in [0.1, 0.15) is 48.5 Å². The molecular weight excluding hydrogens is 278 g/mol. The molecule has 1 heterocycles. The summed E-state index contributed by atoms with van der Waals surface area (Å²) in [6, 6.07) is 9.35. The summed E-state index contributed by atoms with van der Waals surface area (Å²) in [5.41, 5.74) is 0.556. The quantitative estimate of drug-likeness (QED) is 0.630. The molecule has 1 aromatic carbocycles. The number of unbranched alkanes of at least 4 members (excludes halogenated alkanes) is 3. The SMILES string of the molecule is CCCCCCn1cc(C(=O)c2ccccc2O)ccc1=O. The third kappa shape index (κ3) is 3.85. The molecule has 0 aliphatic rings. The first-order valence-corrected chi connectivity index (χ1v) is 7.66. The van der Waals surface area contributed by atoms with E-state index in [4.69, 9.17) is 0 Å². The molecule has 0 fully saturated rings. The minimum Gasteiger partial charge on any atom is -0.507 e. The molecular formula is C18H21NO3. The predicted octanol–water partition coefficient (Wildman–Crippen LogP) is 3.37. The molecule has 2 rings (SSSR count). The number of carbonyl (C=O) groups is 1. The lowest BCUT2D eigenvalue weighted by molar-refractivity contribution is 0.103. The number of para-hydroxylation sites is 1. The number of benzene rings is 1. The monoisotopic (exact) mass is 299 g/mol. The number of rotatable bonds is 7. The summed E-state index contributed by atoms with van der Waals surface area (Å²) in [5.74, 6) is -0.325. The van der Waals surface area contributed by atoms with Crippen LogP contribution in [0.4, 0.5) is 0 Å². The second kappa shape index (κ2) is 7.59. The number of ketones is 1. The van der Waals surface area contributed by atoms with Gasteiger partial charge in [-0.2, -0.15) is 0 Å². The average molecular weight is 299 g/mol. The van der Waals surface area contributed by atoms with Gasteiger partial charge in [-0.15, -0.1) is 0 Å². The molecule has 2 aromatic rings. The lowest BCUT2D eigenvalue weighted by atomic mass is 10.0. The van der Waals surface area contributed by atoms with E-state index in [1.165, 1.54) is 18.2 Å². The number of aromatic hydroxyl groups is 1. The highest BCUT2D eigenvalue weighted by molar-refractivity contribution is 6.10. The molecule has 4 nitrogen and oxygen atoms in total. The van der Waals surface area contributed by atoms with Crippen molar-refractivity contribution in [3.05, 3.63) is 64.1 Å². The number of pyridine rings is 1. The Morgan fingerprint density at radius 3 is 2.59 bits per heavy atom. The van der Waals surface area contributed by atoms with Crippen molar-refractivity contribution in [2.45, 2.75) is 39.2 Å². The first-order valence-electron chi connectivity index (χ1n) is 7.66. The van der Waals surface area contributed by atoms with Gasteiger partial charge in [-0.25, -0.2) is 0 Å². The molecule has 0 bridgehead atoms. The topological polar surface area (TPSA) is 59.3 Å². The van der Waals surface area contributed by atoms with Crippen molar-refractivity contribution in [1.82, 2.24) is 4.57 Å². The second-order valence-corrected chi connectivity index (χ2v) is 5.36. The van der Waals surface area contributed by atoms with Crippen molar-refractivity contribution < 1.29 is 9.90 Å². The zero-order valence-corrected chi connectivity index (χ0v) is 12.8. The number of aryl methyl sites for hydroxylation is 1. The van der Waals surface area contributed by atoms with Gasteiger partial charge >= 0.3 is 0 Å². The summed E-state index contributed by atoms with van der Waals surface area (Å²) in [5, 5.41) is 9.78. The van der Waals surface area contributed by atoms with Crippen LogP contribution in [-0.4, -0.2) is 15.5 Å². The van der Waals surface area contributed by atoms with E-state index in [-0.39, 0.29) is 22.7 Å². The van der Waals surface area contributed by atoms with Gasteiger partial charge in [0.05, 0.1) is 5.56 Å². The Morgan fingerprint density at radius 2 is 1.86 bits per heavy atom. The van der Waals surface area contributed by atoms with Crippen LogP contribution in [-0.2, 0) is 6.54 Å². The van der Waals surface area contributed by atoms with Gasteiger partial charge < -0.3 is 9.67 Å². The highest BCUT2D eigenvalue weighted by Crippen LogP contribution is 2.19. The van der Waals surface area contributed by atoms with Gasteiger partial charge in [0.1, 0.15) is 5.75 Å². The lowest BCUT2D eigenvalue weighted by Crippen LogP contribution is -2.20. The summed E-state index contributed by atoms with van der Waals surface area (Å²) in [4.78, 5) is 24.3. The summed E-state index contributed by atoms with van der Waals surface area (Å²) in [6.07, 6.45) is 5.86. The standard InChI is InChI=1S/C18H21NO3/c1-2-3-4-7-12-19-13-14(10-11-17(19)21)18(22)15-8-5-6-9-16(15)20/h5-6,8-11,13,20H,2-4,7,12H2,1H3. The molecule has 22 heavy (non-hydrogen) atoms. The average Bonchev–Trinajstić information content (AvgIpc) is 2.53. The molecule has 0 amide bonds. The van der Waals surface area contributed by atoms with E-state index in [0.717, 1.165) is 25.7 Å². The van der Waals surface area contributed by atoms with Crippen molar-refractivity contribution in [3.63, 3.8) is 0 Å². The molecule has 0 saturated heterocycles. The summed E-state index contributed by atoms with van der Waals surface area (Å²) >= 11 is 0. The van der Waals surface area contributed by atoms with Crippen molar-refractivity contribution in [3.8, 4) is 5.75 Å². The number of carbonyl (C=O) groups excluding carboxylic acids is 1. The Kier molecular flexibility index (Phi) is 5.53. The molecule has 116 valence electrons. The maximum Gasteiger partial charge on any atom is 0.250 e. The van der Waals surface area contributed by atoms with E-state index in [9.17, 15) is 14.7 Å². The Labute approximate surface area is 130 Å². The van der Waals surface area contributed by atoms with Gasteiger partial charge in [-0.05, 0) is 24.6 Å². The maximum atomic E-state index is 12.4. The van der Waals surface area contributed by atoms with E-state index in [2.05, 4.69) is 6.92 Å². The minimum absolute atomic E-state index is 0.0480. The number of nitrogens with zero attached hydrogens (tertiary/aromatic N) is 1. The fourth-order valence-electron chi connectivity index (χ4n) is 2.37. The van der Waals surface area contributed by atoms with Crippen molar-refractivity contribution in [2.24, 2.45) is 0 Å². The first-order chi connectivity index (χ1) is 10.6. The summed E-state index contributed by atoms with van der Waals surface area (Å²) in [6.45, 7) is 2.75. The fraction of sp³-hybridized carbons (Fsp3) is 0.333. The molecule has 1 N–H and O–H groups in total. The van der Waals surface area contributed by atoms with Crippen molar-refractivity contribution in [2.75, 3.05) is 0 Å². The van der Waals surface area contributed by atoms with Crippen LogP contribution in [0.15, 0.2) is 47.4 Å². The van der Waals surface area contributed by atoms with Crippen LogP contribution in [0, 0.1) is 0 Å². The molecule has 0 aliphatic heterocycles. The van der Waals surface area contributed by atoms with Gasteiger partial charge in [-0.1, -0.05) is 38.3 Å². The highest BCUT2D eigenvalue weighted by Gasteiger charge is 2.13. The second-order valence-electron chi connectivity index (χ2n) is 5.36. The van der Waals surface area contributed by atoms with Gasteiger partial charge in [0.15, 0.2) is 5.78 Å². The van der Waals surface area contributed by atoms with Crippen LogP contribution in [0.3, 0.4) is 0 Å². The van der Waals surface area contributed by atoms with Crippen LogP contribution in [0.25, 0.3) is 0 Å². The number of phenols is 1. The molecule has 1 aromatic heterocycles. The van der Waals surface area contributed by atoms with Crippen LogP contribution in [0.2, 0.25) is 0 Å². The molecule has 0 radical (unpaired) electrons. The molecule has 0 saturated carbocycles. The molecule has 0 unspecified atom stereocenters.